The lowest BCUT2D eigenvalue weighted by Gasteiger charge is -2.16. The number of nitrogen functional groups attached to an aromatic ring is 1. The van der Waals surface area contributed by atoms with Gasteiger partial charge in [-0.1, -0.05) is 12.8 Å². The molecule has 1 aromatic carbocycles. The van der Waals surface area contributed by atoms with Crippen molar-refractivity contribution >= 4 is 17.3 Å². The number of carboxylic acid groups (broad SMARTS) is 1. The Labute approximate surface area is 101 Å². The molecule has 0 saturated heterocycles. The number of anilines is 2. The van der Waals surface area contributed by atoms with E-state index in [1.807, 2.05) is 0 Å². The minimum absolute atomic E-state index is 0.264. The van der Waals surface area contributed by atoms with Crippen LogP contribution in [0, 0.1) is 5.92 Å². The maximum Gasteiger partial charge on any atom is 0.335 e. The van der Waals surface area contributed by atoms with Gasteiger partial charge < -0.3 is 16.2 Å². The highest BCUT2D eigenvalue weighted by Crippen LogP contribution is 2.34. The first kappa shape index (κ1) is 11.8. The van der Waals surface area contributed by atoms with E-state index in [2.05, 4.69) is 12.2 Å². The number of carboxylic acids is 1. The van der Waals surface area contributed by atoms with E-state index in [1.54, 1.807) is 12.1 Å². The minimum Gasteiger partial charge on any atom is -0.478 e. The number of benzene rings is 1. The number of rotatable bonds is 5. The molecule has 4 heteroatoms. The van der Waals surface area contributed by atoms with Crippen molar-refractivity contribution in [3.05, 3.63) is 23.8 Å². The molecular weight excluding hydrogens is 216 g/mol. The summed E-state index contributed by atoms with van der Waals surface area (Å²) in [5.74, 6) is -0.0933. The van der Waals surface area contributed by atoms with Gasteiger partial charge >= 0.3 is 5.97 Å². The maximum absolute atomic E-state index is 10.9. The number of nitrogens with two attached hydrogens (primary N) is 1. The molecule has 92 valence electrons. The van der Waals surface area contributed by atoms with Crippen LogP contribution in [0.1, 0.15) is 36.5 Å². The third-order valence-corrected chi connectivity index (χ3v) is 3.09. The number of carbonyl (C=O) groups is 1. The second-order valence-corrected chi connectivity index (χ2v) is 4.83. The average molecular weight is 234 g/mol. The second-order valence-electron chi connectivity index (χ2n) is 4.83. The predicted octanol–water partition coefficient (Wildman–Crippen LogP) is 2.57. The fourth-order valence-corrected chi connectivity index (χ4v) is 1.99. The fourth-order valence-electron chi connectivity index (χ4n) is 1.99. The third kappa shape index (κ3) is 3.12. The Balaban J connectivity index is 2.07. The van der Waals surface area contributed by atoms with Gasteiger partial charge in [0.15, 0.2) is 0 Å². The van der Waals surface area contributed by atoms with Gasteiger partial charge in [-0.15, -0.1) is 0 Å². The van der Waals surface area contributed by atoms with Crippen molar-refractivity contribution in [2.45, 2.75) is 32.2 Å². The SMILES string of the molecule is CC(CC1CC1)Nc1cc(C(=O)O)ccc1N. The second kappa shape index (κ2) is 4.65. The molecule has 4 nitrogen and oxygen atoms in total. The Kier molecular flexibility index (Phi) is 3.22. The molecule has 1 unspecified atom stereocenters. The van der Waals surface area contributed by atoms with Gasteiger partial charge in [-0.05, 0) is 37.5 Å². The standard InChI is InChI=1S/C13H18N2O2/c1-8(6-9-2-3-9)15-12-7-10(13(16)17)4-5-11(12)14/h4-5,7-9,15H,2-3,6,14H2,1H3,(H,16,17). The van der Waals surface area contributed by atoms with Crippen molar-refractivity contribution in [1.29, 1.82) is 0 Å². The lowest BCUT2D eigenvalue weighted by molar-refractivity contribution is 0.0697. The van der Waals surface area contributed by atoms with Crippen LogP contribution in [0.2, 0.25) is 0 Å². The summed E-state index contributed by atoms with van der Waals surface area (Å²) in [7, 11) is 0. The van der Waals surface area contributed by atoms with Gasteiger partial charge in [0.25, 0.3) is 0 Å². The Morgan fingerprint density at radius 3 is 2.88 bits per heavy atom. The number of hydrogen-bond donors (Lipinski definition) is 3. The molecule has 1 aliphatic rings. The molecule has 0 spiro atoms. The molecular formula is C13H18N2O2. The van der Waals surface area contributed by atoms with Crippen molar-refractivity contribution in [1.82, 2.24) is 0 Å². The monoisotopic (exact) mass is 234 g/mol. The minimum atomic E-state index is -0.928. The highest BCUT2D eigenvalue weighted by molar-refractivity contribution is 5.90. The first-order valence-corrected chi connectivity index (χ1v) is 5.95. The molecule has 4 N–H and O–H groups in total. The van der Waals surface area contributed by atoms with Crippen molar-refractivity contribution in [3.8, 4) is 0 Å². The first-order valence-electron chi connectivity index (χ1n) is 5.95. The van der Waals surface area contributed by atoms with Crippen molar-refractivity contribution in [3.63, 3.8) is 0 Å². The van der Waals surface area contributed by atoms with E-state index in [4.69, 9.17) is 10.8 Å². The van der Waals surface area contributed by atoms with E-state index in [9.17, 15) is 4.79 Å². The molecule has 0 radical (unpaired) electrons. The summed E-state index contributed by atoms with van der Waals surface area (Å²) in [6, 6.07) is 5.08. The largest absolute Gasteiger partial charge is 0.478 e. The van der Waals surface area contributed by atoms with Crippen molar-refractivity contribution < 1.29 is 9.90 Å². The summed E-state index contributed by atoms with van der Waals surface area (Å²) in [6.45, 7) is 2.10. The highest BCUT2D eigenvalue weighted by atomic mass is 16.4. The topological polar surface area (TPSA) is 75.3 Å². The van der Waals surface area contributed by atoms with Crippen LogP contribution in [0.25, 0.3) is 0 Å². The van der Waals surface area contributed by atoms with Gasteiger partial charge in [0.05, 0.1) is 16.9 Å². The van der Waals surface area contributed by atoms with Crippen LogP contribution in [0.4, 0.5) is 11.4 Å². The molecule has 1 aromatic rings. The van der Waals surface area contributed by atoms with Gasteiger partial charge in [0, 0.05) is 6.04 Å². The highest BCUT2D eigenvalue weighted by Gasteiger charge is 2.23. The Bertz CT molecular complexity index is 427. The van der Waals surface area contributed by atoms with Gasteiger partial charge in [-0.2, -0.15) is 0 Å². The zero-order valence-electron chi connectivity index (χ0n) is 9.94. The van der Waals surface area contributed by atoms with Crippen LogP contribution in [0.5, 0.6) is 0 Å². The van der Waals surface area contributed by atoms with Gasteiger partial charge in [0.1, 0.15) is 0 Å². The summed E-state index contributed by atoms with van der Waals surface area (Å²) < 4.78 is 0. The van der Waals surface area contributed by atoms with E-state index in [0.717, 1.165) is 18.0 Å². The lowest BCUT2D eigenvalue weighted by atomic mass is 10.1. The number of hydrogen-bond acceptors (Lipinski definition) is 3. The van der Waals surface area contributed by atoms with Crippen molar-refractivity contribution in [2.75, 3.05) is 11.1 Å². The molecule has 1 atom stereocenters. The lowest BCUT2D eigenvalue weighted by Crippen LogP contribution is -2.17. The number of nitrogens with one attached hydrogen (secondary N) is 1. The van der Waals surface area contributed by atoms with E-state index in [-0.39, 0.29) is 5.56 Å². The smallest absolute Gasteiger partial charge is 0.335 e. The molecule has 0 heterocycles. The molecule has 1 fully saturated rings. The van der Waals surface area contributed by atoms with Crippen LogP contribution in [-0.4, -0.2) is 17.1 Å². The van der Waals surface area contributed by atoms with Crippen LogP contribution in [0.15, 0.2) is 18.2 Å². The predicted molar refractivity (Wildman–Crippen MR) is 68.2 cm³/mol. The van der Waals surface area contributed by atoms with E-state index < -0.39 is 5.97 Å². The fraction of sp³-hybridized carbons (Fsp3) is 0.462. The molecule has 1 saturated carbocycles. The molecule has 17 heavy (non-hydrogen) atoms. The maximum atomic E-state index is 10.9. The van der Waals surface area contributed by atoms with Crippen molar-refractivity contribution in [2.24, 2.45) is 5.92 Å². The molecule has 0 bridgehead atoms. The summed E-state index contributed by atoms with van der Waals surface area (Å²) >= 11 is 0. The van der Waals surface area contributed by atoms with E-state index in [0.29, 0.717) is 11.7 Å². The van der Waals surface area contributed by atoms with E-state index in [1.165, 1.54) is 18.9 Å². The molecule has 0 amide bonds. The summed E-state index contributed by atoms with van der Waals surface area (Å²) in [5, 5.41) is 12.2. The zero-order valence-corrected chi connectivity index (χ0v) is 9.94. The van der Waals surface area contributed by atoms with Crippen LogP contribution < -0.4 is 11.1 Å². The quantitative estimate of drug-likeness (QED) is 0.684. The normalized spacial score (nSPS) is 16.5. The van der Waals surface area contributed by atoms with Crippen LogP contribution >= 0.6 is 0 Å². The Hall–Kier alpha value is -1.71. The Morgan fingerprint density at radius 2 is 2.29 bits per heavy atom. The summed E-state index contributed by atoms with van der Waals surface area (Å²) in [5.41, 5.74) is 7.41. The Morgan fingerprint density at radius 1 is 1.59 bits per heavy atom. The molecule has 1 aliphatic carbocycles. The molecule has 2 rings (SSSR count). The zero-order chi connectivity index (χ0) is 12.4. The van der Waals surface area contributed by atoms with E-state index >= 15 is 0 Å². The van der Waals surface area contributed by atoms with Gasteiger partial charge in [-0.25, -0.2) is 4.79 Å². The summed E-state index contributed by atoms with van der Waals surface area (Å²) in [6.07, 6.45) is 3.75. The molecule has 0 aromatic heterocycles. The van der Waals surface area contributed by atoms with Gasteiger partial charge in [-0.3, -0.25) is 0 Å². The first-order chi connectivity index (χ1) is 8.06. The average Bonchev–Trinajstić information content (AvgIpc) is 3.04. The third-order valence-electron chi connectivity index (χ3n) is 3.09. The van der Waals surface area contributed by atoms with Crippen LogP contribution in [0.3, 0.4) is 0 Å². The van der Waals surface area contributed by atoms with Gasteiger partial charge in [0.2, 0.25) is 0 Å². The summed E-state index contributed by atoms with van der Waals surface area (Å²) in [4.78, 5) is 10.9. The molecule has 0 aliphatic heterocycles. The van der Waals surface area contributed by atoms with Crippen LogP contribution in [-0.2, 0) is 0 Å². The number of aromatic carboxylic acids is 1.